The summed E-state index contributed by atoms with van der Waals surface area (Å²) < 4.78 is 25.1. The number of rotatable bonds is 4. The van der Waals surface area contributed by atoms with Crippen molar-refractivity contribution in [3.8, 4) is 0 Å². The number of benzene rings is 1. The number of sulfonamides is 1. The zero-order valence-electron chi connectivity index (χ0n) is 13.5. The molecule has 1 atom stereocenters. The minimum absolute atomic E-state index is 0.180. The molecule has 0 bridgehead atoms. The predicted octanol–water partition coefficient (Wildman–Crippen LogP) is 1.32. The van der Waals surface area contributed by atoms with Crippen LogP contribution >= 0.6 is 0 Å². The average molecular weight is 359 g/mol. The molecule has 130 valence electrons. The smallest absolute Gasteiger partial charge is 0.251 e. The second kappa shape index (κ2) is 6.64. The summed E-state index contributed by atoms with van der Waals surface area (Å²) in [5, 5.41) is 2.72. The van der Waals surface area contributed by atoms with Crippen LogP contribution in [0, 0.1) is 5.92 Å². The van der Waals surface area contributed by atoms with Gasteiger partial charge >= 0.3 is 0 Å². The Morgan fingerprint density at radius 1 is 1.28 bits per heavy atom. The molecular weight excluding hydrogens is 342 g/mol. The molecule has 2 heterocycles. The number of aromatic nitrogens is 1. The number of carbonyl (C=O) groups is 2. The molecule has 0 saturated carbocycles. The quantitative estimate of drug-likeness (QED) is 0.888. The average Bonchev–Trinajstić information content (AvgIpc) is 2.81. The van der Waals surface area contributed by atoms with E-state index in [0.29, 0.717) is 5.69 Å². The van der Waals surface area contributed by atoms with E-state index in [9.17, 15) is 18.0 Å². The first-order valence-electron chi connectivity index (χ1n) is 7.73. The molecule has 1 aliphatic rings. The standard InChI is InChI=1S/C17H17N3O4S/c1-12-11-25(23,24)20(17(12)22)15-7-4-5-13(9-15)16(21)19-10-14-6-2-3-8-18-14/h2-9,12H,10-11H2,1H3,(H,19,21)/t12-/m1/s1. The number of carbonyl (C=O) groups excluding carboxylic acids is 2. The van der Waals surface area contributed by atoms with Crippen molar-refractivity contribution in [2.24, 2.45) is 5.92 Å². The molecule has 2 amide bonds. The molecular formula is C17H17N3O4S. The first-order chi connectivity index (χ1) is 11.9. The van der Waals surface area contributed by atoms with Crippen LogP contribution < -0.4 is 9.62 Å². The van der Waals surface area contributed by atoms with Gasteiger partial charge in [0.2, 0.25) is 15.9 Å². The SMILES string of the molecule is C[C@@H]1CS(=O)(=O)N(c2cccc(C(=O)NCc3ccccn3)c2)C1=O. The zero-order chi connectivity index (χ0) is 18.0. The van der Waals surface area contributed by atoms with Gasteiger partial charge in [-0.1, -0.05) is 19.1 Å². The number of amides is 2. The highest BCUT2D eigenvalue weighted by atomic mass is 32.2. The Balaban J connectivity index is 1.80. The molecule has 25 heavy (non-hydrogen) atoms. The van der Waals surface area contributed by atoms with Crippen LogP contribution in [-0.4, -0.2) is 31.0 Å². The van der Waals surface area contributed by atoms with Crippen molar-refractivity contribution in [1.82, 2.24) is 10.3 Å². The maximum Gasteiger partial charge on any atom is 0.251 e. The fourth-order valence-corrected chi connectivity index (χ4v) is 4.45. The van der Waals surface area contributed by atoms with Gasteiger partial charge in [-0.05, 0) is 30.3 Å². The molecule has 8 heteroatoms. The predicted molar refractivity (Wildman–Crippen MR) is 92.3 cm³/mol. The van der Waals surface area contributed by atoms with Gasteiger partial charge in [0.15, 0.2) is 0 Å². The summed E-state index contributed by atoms with van der Waals surface area (Å²) in [7, 11) is -3.69. The summed E-state index contributed by atoms with van der Waals surface area (Å²) in [6, 6.07) is 11.4. The van der Waals surface area contributed by atoms with E-state index in [1.807, 2.05) is 6.07 Å². The van der Waals surface area contributed by atoms with Crippen LogP contribution in [0.3, 0.4) is 0 Å². The number of pyridine rings is 1. The first-order valence-corrected chi connectivity index (χ1v) is 9.34. The van der Waals surface area contributed by atoms with Crippen LogP contribution in [0.2, 0.25) is 0 Å². The van der Waals surface area contributed by atoms with E-state index >= 15 is 0 Å². The number of hydrogen-bond donors (Lipinski definition) is 1. The highest BCUT2D eigenvalue weighted by Gasteiger charge is 2.42. The van der Waals surface area contributed by atoms with Crippen LogP contribution in [0.4, 0.5) is 5.69 Å². The lowest BCUT2D eigenvalue weighted by Gasteiger charge is -2.16. The number of nitrogens with one attached hydrogen (secondary N) is 1. The lowest BCUT2D eigenvalue weighted by Crippen LogP contribution is -2.30. The van der Waals surface area contributed by atoms with Crippen molar-refractivity contribution < 1.29 is 18.0 Å². The van der Waals surface area contributed by atoms with E-state index < -0.39 is 21.8 Å². The highest BCUT2D eigenvalue weighted by Crippen LogP contribution is 2.28. The molecule has 0 unspecified atom stereocenters. The molecule has 1 aromatic carbocycles. The van der Waals surface area contributed by atoms with E-state index in [0.717, 1.165) is 4.31 Å². The van der Waals surface area contributed by atoms with Crippen LogP contribution in [-0.2, 0) is 21.4 Å². The third-order valence-corrected chi connectivity index (χ3v) is 5.73. The van der Waals surface area contributed by atoms with Crippen molar-refractivity contribution in [1.29, 1.82) is 0 Å². The van der Waals surface area contributed by atoms with Gasteiger partial charge in [-0.2, -0.15) is 0 Å². The first kappa shape index (κ1) is 17.1. The molecule has 1 N–H and O–H groups in total. The van der Waals surface area contributed by atoms with Gasteiger partial charge in [0.25, 0.3) is 5.91 Å². The highest BCUT2D eigenvalue weighted by molar-refractivity contribution is 7.94. The molecule has 7 nitrogen and oxygen atoms in total. The Bertz CT molecular complexity index is 913. The van der Waals surface area contributed by atoms with Crippen LogP contribution in [0.1, 0.15) is 23.0 Å². The minimum atomic E-state index is -3.69. The summed E-state index contributed by atoms with van der Waals surface area (Å²) in [6.45, 7) is 1.82. The van der Waals surface area contributed by atoms with Crippen molar-refractivity contribution >= 4 is 27.5 Å². The Morgan fingerprint density at radius 2 is 2.08 bits per heavy atom. The van der Waals surface area contributed by atoms with E-state index in [2.05, 4.69) is 10.3 Å². The summed E-state index contributed by atoms with van der Waals surface area (Å²) in [6.07, 6.45) is 1.63. The van der Waals surface area contributed by atoms with E-state index in [-0.39, 0.29) is 29.5 Å². The fraction of sp³-hybridized carbons (Fsp3) is 0.235. The third-order valence-electron chi connectivity index (χ3n) is 3.86. The lowest BCUT2D eigenvalue weighted by molar-refractivity contribution is -0.119. The van der Waals surface area contributed by atoms with Crippen LogP contribution in [0.15, 0.2) is 48.7 Å². The maximum absolute atomic E-state index is 12.3. The van der Waals surface area contributed by atoms with Crippen molar-refractivity contribution in [2.45, 2.75) is 13.5 Å². The minimum Gasteiger partial charge on any atom is -0.346 e. The molecule has 0 radical (unpaired) electrons. The Hall–Kier alpha value is -2.74. The molecule has 1 saturated heterocycles. The Morgan fingerprint density at radius 3 is 2.72 bits per heavy atom. The zero-order valence-corrected chi connectivity index (χ0v) is 14.4. The number of anilines is 1. The normalized spacial score (nSPS) is 19.0. The number of nitrogens with zero attached hydrogens (tertiary/aromatic N) is 2. The summed E-state index contributed by atoms with van der Waals surface area (Å²) in [5.74, 6) is -1.66. The Labute approximate surface area is 145 Å². The third kappa shape index (κ3) is 3.53. The lowest BCUT2D eigenvalue weighted by atomic mass is 10.1. The molecule has 1 aliphatic heterocycles. The maximum atomic E-state index is 12.3. The van der Waals surface area contributed by atoms with E-state index in [1.165, 1.54) is 12.1 Å². The van der Waals surface area contributed by atoms with Gasteiger partial charge in [-0.3, -0.25) is 14.6 Å². The van der Waals surface area contributed by atoms with Gasteiger partial charge in [-0.25, -0.2) is 12.7 Å². The topological polar surface area (TPSA) is 96.4 Å². The van der Waals surface area contributed by atoms with Gasteiger partial charge in [0.1, 0.15) is 0 Å². The van der Waals surface area contributed by atoms with Crippen LogP contribution in [0.25, 0.3) is 0 Å². The summed E-state index contributed by atoms with van der Waals surface area (Å²) >= 11 is 0. The van der Waals surface area contributed by atoms with Gasteiger partial charge < -0.3 is 5.32 Å². The molecule has 1 fully saturated rings. The van der Waals surface area contributed by atoms with Crippen molar-refractivity contribution in [3.05, 3.63) is 59.9 Å². The van der Waals surface area contributed by atoms with E-state index in [1.54, 1.807) is 37.4 Å². The summed E-state index contributed by atoms with van der Waals surface area (Å²) in [4.78, 5) is 28.6. The summed E-state index contributed by atoms with van der Waals surface area (Å²) in [5.41, 5.74) is 1.16. The molecule has 1 aromatic heterocycles. The number of hydrogen-bond acceptors (Lipinski definition) is 5. The second-order valence-corrected chi connectivity index (χ2v) is 7.70. The van der Waals surface area contributed by atoms with E-state index in [4.69, 9.17) is 0 Å². The Kier molecular flexibility index (Phi) is 4.54. The van der Waals surface area contributed by atoms with Gasteiger partial charge in [0, 0.05) is 11.8 Å². The van der Waals surface area contributed by atoms with Crippen LogP contribution in [0.5, 0.6) is 0 Å². The monoisotopic (exact) mass is 359 g/mol. The van der Waals surface area contributed by atoms with Gasteiger partial charge in [-0.15, -0.1) is 0 Å². The fourth-order valence-electron chi connectivity index (χ4n) is 2.64. The molecule has 0 aliphatic carbocycles. The molecule has 3 rings (SSSR count). The second-order valence-electron chi connectivity index (χ2n) is 5.84. The molecule has 2 aromatic rings. The van der Waals surface area contributed by atoms with Gasteiger partial charge in [0.05, 0.1) is 29.6 Å². The van der Waals surface area contributed by atoms with Crippen molar-refractivity contribution in [3.63, 3.8) is 0 Å². The van der Waals surface area contributed by atoms with Crippen molar-refractivity contribution in [2.75, 3.05) is 10.1 Å². The molecule has 0 spiro atoms. The largest absolute Gasteiger partial charge is 0.346 e.